The minimum absolute atomic E-state index is 0.105. The Labute approximate surface area is 372 Å². The van der Waals surface area contributed by atoms with E-state index in [9.17, 15) is 28.8 Å². The van der Waals surface area contributed by atoms with Crippen LogP contribution in [-0.2, 0) is 38.1 Å². The van der Waals surface area contributed by atoms with Crippen molar-refractivity contribution in [3.63, 3.8) is 0 Å². The summed E-state index contributed by atoms with van der Waals surface area (Å²) in [6, 6.07) is 0. The standard InChI is InChI=1S/C23H37N3O6.C22H35N3O6/c1-23(2,3)31-18(27)14-17(13-9-12-16-10-7-6-8-11-16)21-24-20(25-32-21)22(29)26(4)15-19(28)30-5;1-22(2,3)30-17(26)13-16(12-8-11-15-9-6-5-7-10-15)21-24-19(25-31-21)20(28)23-14-18(27)29-4/h16-17H,6-15H2,1-5H3;15-16H,5-14H2,1-4H3,(H,23,28)/t17-;16-/m11/s1. The Bertz CT molecular complexity index is 1750. The molecule has 0 aromatic carbocycles. The van der Waals surface area contributed by atoms with Gasteiger partial charge in [-0.05, 0) is 66.2 Å². The molecule has 0 radical (unpaired) electrons. The van der Waals surface area contributed by atoms with Crippen LogP contribution in [0.25, 0.3) is 0 Å². The molecule has 0 aliphatic heterocycles. The van der Waals surface area contributed by atoms with Crippen molar-refractivity contribution < 1.29 is 56.8 Å². The maximum Gasteiger partial charge on any atom is 0.325 e. The summed E-state index contributed by atoms with van der Waals surface area (Å²) >= 11 is 0. The van der Waals surface area contributed by atoms with Crippen molar-refractivity contribution in [2.24, 2.45) is 11.8 Å². The van der Waals surface area contributed by atoms with E-state index in [2.05, 4.69) is 35.1 Å². The van der Waals surface area contributed by atoms with Crippen LogP contribution >= 0.6 is 0 Å². The Kier molecular flexibility index (Phi) is 21.7. The lowest BCUT2D eigenvalue weighted by Gasteiger charge is -2.23. The van der Waals surface area contributed by atoms with Crippen LogP contribution in [0.5, 0.6) is 0 Å². The number of methoxy groups -OCH3 is 2. The van der Waals surface area contributed by atoms with Crippen LogP contribution in [-0.4, -0.2) is 106 Å². The predicted molar refractivity (Wildman–Crippen MR) is 229 cm³/mol. The van der Waals surface area contributed by atoms with Crippen molar-refractivity contribution in [3.8, 4) is 0 Å². The summed E-state index contributed by atoms with van der Waals surface area (Å²) in [7, 11) is 3.94. The Morgan fingerprint density at radius 2 is 1.08 bits per heavy atom. The fourth-order valence-corrected chi connectivity index (χ4v) is 7.84. The van der Waals surface area contributed by atoms with Crippen molar-refractivity contribution in [1.29, 1.82) is 0 Å². The minimum atomic E-state index is -0.640. The largest absolute Gasteiger partial charge is 0.468 e. The smallest absolute Gasteiger partial charge is 0.325 e. The van der Waals surface area contributed by atoms with Gasteiger partial charge in [0.05, 0.1) is 27.1 Å². The van der Waals surface area contributed by atoms with E-state index >= 15 is 0 Å². The van der Waals surface area contributed by atoms with Crippen molar-refractivity contribution in [2.75, 3.05) is 34.4 Å². The van der Waals surface area contributed by atoms with E-state index in [1.807, 2.05) is 41.5 Å². The monoisotopic (exact) mass is 889 g/mol. The molecule has 18 heteroatoms. The second-order valence-electron chi connectivity index (χ2n) is 18.8. The molecule has 2 heterocycles. The zero-order valence-electron chi connectivity index (χ0n) is 39.1. The SMILES string of the molecule is COC(=O)CN(C)C(=O)c1noc([C@H](CCCC2CCCCC2)CC(=O)OC(C)(C)C)n1.COC(=O)CNC(=O)c1noc([C@H](CCCC2CCCCC2)CC(=O)OC(C)(C)C)n1. The average Bonchev–Trinajstić information content (AvgIpc) is 3.93. The molecule has 0 bridgehead atoms. The zero-order valence-corrected chi connectivity index (χ0v) is 39.1. The first-order valence-corrected chi connectivity index (χ1v) is 22.5. The van der Waals surface area contributed by atoms with E-state index in [1.54, 1.807) is 0 Å². The van der Waals surface area contributed by atoms with Gasteiger partial charge in [-0.25, -0.2) is 0 Å². The molecule has 4 rings (SSSR count). The number of amides is 2. The highest BCUT2D eigenvalue weighted by molar-refractivity contribution is 5.93. The molecule has 2 atom stereocenters. The molecule has 2 aromatic rings. The van der Waals surface area contributed by atoms with E-state index in [4.69, 9.17) is 18.5 Å². The molecule has 0 spiro atoms. The van der Waals surface area contributed by atoms with Crippen LogP contribution in [0.1, 0.15) is 202 Å². The lowest BCUT2D eigenvalue weighted by molar-refractivity contribution is -0.156. The third kappa shape index (κ3) is 20.4. The van der Waals surface area contributed by atoms with Gasteiger partial charge in [0.2, 0.25) is 11.8 Å². The zero-order chi connectivity index (χ0) is 46.6. The second kappa shape index (κ2) is 26.0. The Morgan fingerprint density at radius 1 is 0.651 bits per heavy atom. The highest BCUT2D eigenvalue weighted by Gasteiger charge is 2.30. The third-order valence-electron chi connectivity index (χ3n) is 11.0. The van der Waals surface area contributed by atoms with Gasteiger partial charge < -0.3 is 38.2 Å². The van der Waals surface area contributed by atoms with Gasteiger partial charge in [-0.2, -0.15) is 9.97 Å². The average molecular weight is 889 g/mol. The lowest BCUT2D eigenvalue weighted by Crippen LogP contribution is -2.33. The number of esters is 4. The summed E-state index contributed by atoms with van der Waals surface area (Å²) in [4.78, 5) is 81.7. The van der Waals surface area contributed by atoms with Gasteiger partial charge in [-0.3, -0.25) is 28.8 Å². The molecule has 2 amide bonds. The summed E-state index contributed by atoms with van der Waals surface area (Å²) in [5, 5.41) is 9.88. The van der Waals surface area contributed by atoms with Gasteiger partial charge >= 0.3 is 23.9 Å². The Morgan fingerprint density at radius 3 is 1.51 bits per heavy atom. The maximum absolute atomic E-state index is 12.5. The number of carbonyl (C=O) groups excluding carboxylic acids is 6. The number of carbonyl (C=O) groups is 6. The van der Waals surface area contributed by atoms with E-state index in [1.165, 1.54) is 85.5 Å². The molecule has 2 saturated carbocycles. The first-order valence-electron chi connectivity index (χ1n) is 22.5. The molecule has 2 aliphatic carbocycles. The third-order valence-corrected chi connectivity index (χ3v) is 11.0. The quantitative estimate of drug-likeness (QED) is 0.101. The summed E-state index contributed by atoms with van der Waals surface area (Å²) in [6.07, 6.45) is 18.6. The number of nitrogens with zero attached hydrogens (tertiary/aromatic N) is 5. The van der Waals surface area contributed by atoms with E-state index in [0.717, 1.165) is 42.4 Å². The number of hydrogen-bond donors (Lipinski definition) is 1. The lowest BCUT2D eigenvalue weighted by atomic mass is 9.84. The van der Waals surface area contributed by atoms with Crippen molar-refractivity contribution in [2.45, 2.75) is 180 Å². The molecular formula is C45H72N6O12. The van der Waals surface area contributed by atoms with Gasteiger partial charge in [-0.1, -0.05) is 100 Å². The Hall–Kier alpha value is -4.90. The van der Waals surface area contributed by atoms with Crippen molar-refractivity contribution in [1.82, 2.24) is 30.5 Å². The van der Waals surface area contributed by atoms with Gasteiger partial charge in [0.15, 0.2) is 0 Å². The summed E-state index contributed by atoms with van der Waals surface area (Å²) in [5.41, 5.74) is -1.17. The van der Waals surface area contributed by atoms with Crippen LogP contribution in [0.2, 0.25) is 0 Å². The van der Waals surface area contributed by atoms with Crippen LogP contribution in [0, 0.1) is 11.8 Å². The van der Waals surface area contributed by atoms with Gasteiger partial charge in [0, 0.05) is 18.9 Å². The molecule has 354 valence electrons. The predicted octanol–water partition coefficient (Wildman–Crippen LogP) is 7.42. The Balaban J connectivity index is 0.000000335. The van der Waals surface area contributed by atoms with E-state index in [-0.39, 0.29) is 73.1 Å². The molecule has 18 nitrogen and oxygen atoms in total. The maximum atomic E-state index is 12.5. The highest BCUT2D eigenvalue weighted by atomic mass is 16.6. The number of ether oxygens (including phenoxy) is 4. The van der Waals surface area contributed by atoms with Crippen LogP contribution in [0.4, 0.5) is 0 Å². The molecule has 2 fully saturated rings. The first kappa shape index (κ1) is 52.4. The number of nitrogens with one attached hydrogen (secondary N) is 1. The molecule has 2 aromatic heterocycles. The highest BCUT2D eigenvalue weighted by Crippen LogP contribution is 2.33. The molecule has 2 aliphatic rings. The molecule has 0 saturated heterocycles. The van der Waals surface area contributed by atoms with Gasteiger partial charge in [-0.15, -0.1) is 0 Å². The first-order chi connectivity index (χ1) is 29.8. The van der Waals surface area contributed by atoms with Crippen LogP contribution in [0.15, 0.2) is 9.05 Å². The summed E-state index contributed by atoms with van der Waals surface area (Å²) in [5.74, 6) is -2.03. The van der Waals surface area contributed by atoms with Crippen LogP contribution in [0.3, 0.4) is 0 Å². The van der Waals surface area contributed by atoms with E-state index in [0.29, 0.717) is 12.8 Å². The number of aromatic nitrogens is 4. The molecular weight excluding hydrogens is 817 g/mol. The molecule has 63 heavy (non-hydrogen) atoms. The number of likely N-dealkylation sites (N-methyl/N-ethyl adjacent to an activating group) is 1. The molecule has 1 N–H and O–H groups in total. The number of rotatable bonds is 20. The second-order valence-corrected chi connectivity index (χ2v) is 18.8. The fraction of sp³-hybridized carbons (Fsp3) is 0.778. The van der Waals surface area contributed by atoms with Crippen LogP contribution < -0.4 is 5.32 Å². The van der Waals surface area contributed by atoms with E-state index < -0.39 is 35.0 Å². The summed E-state index contributed by atoms with van der Waals surface area (Å²) in [6.45, 7) is 10.4. The molecule has 0 unspecified atom stereocenters. The normalized spacial score (nSPS) is 15.8. The minimum Gasteiger partial charge on any atom is -0.468 e. The fourth-order valence-electron chi connectivity index (χ4n) is 7.84. The van der Waals surface area contributed by atoms with Gasteiger partial charge in [0.1, 0.15) is 24.3 Å². The van der Waals surface area contributed by atoms with Crippen molar-refractivity contribution in [3.05, 3.63) is 23.4 Å². The summed E-state index contributed by atoms with van der Waals surface area (Å²) < 4.78 is 30.7. The van der Waals surface area contributed by atoms with Crippen molar-refractivity contribution >= 4 is 35.7 Å². The topological polar surface area (TPSA) is 232 Å². The number of hydrogen-bond acceptors (Lipinski definition) is 16. The van der Waals surface area contributed by atoms with Gasteiger partial charge in [0.25, 0.3) is 23.5 Å².